The molecule has 4 N–H and O–H groups in total. The number of benzene rings is 2. The Balaban J connectivity index is 2.27. The number of hydrogen-bond acceptors (Lipinski definition) is 3. The second-order valence-electron chi connectivity index (χ2n) is 4.08. The molecule has 1 amide bonds. The molecule has 2 rings (SSSR count). The topological polar surface area (TPSA) is 92.4 Å². The summed E-state index contributed by atoms with van der Waals surface area (Å²) in [5.41, 5.74) is 6.70. The van der Waals surface area contributed by atoms with Gasteiger partial charge in [-0.25, -0.2) is 4.79 Å². The number of carboxylic acid groups (broad SMARTS) is 1. The van der Waals surface area contributed by atoms with E-state index in [9.17, 15) is 9.59 Å². The van der Waals surface area contributed by atoms with Gasteiger partial charge in [0.2, 0.25) is 0 Å². The van der Waals surface area contributed by atoms with Crippen molar-refractivity contribution in [3.8, 4) is 0 Å². The molecule has 0 heterocycles. The number of carbonyl (C=O) groups excluding carboxylic acids is 1. The van der Waals surface area contributed by atoms with E-state index in [-0.39, 0.29) is 16.3 Å². The lowest BCUT2D eigenvalue weighted by Gasteiger charge is -2.08. The Hall–Kier alpha value is -2.53. The molecule has 20 heavy (non-hydrogen) atoms. The van der Waals surface area contributed by atoms with Crippen molar-refractivity contribution >= 4 is 34.9 Å². The average molecular weight is 291 g/mol. The number of amides is 1. The highest BCUT2D eigenvalue weighted by atomic mass is 35.5. The third-order valence-electron chi connectivity index (χ3n) is 2.61. The highest BCUT2D eigenvalue weighted by molar-refractivity contribution is 6.34. The van der Waals surface area contributed by atoms with E-state index in [1.54, 1.807) is 18.2 Å². The predicted molar refractivity (Wildman–Crippen MR) is 77.2 cm³/mol. The van der Waals surface area contributed by atoms with Crippen molar-refractivity contribution in [2.24, 2.45) is 0 Å². The van der Waals surface area contributed by atoms with Crippen LogP contribution in [0.15, 0.2) is 42.5 Å². The molecule has 102 valence electrons. The number of hydrogen-bond donors (Lipinski definition) is 3. The van der Waals surface area contributed by atoms with Gasteiger partial charge in [-0.1, -0.05) is 17.7 Å². The fraction of sp³-hybridized carbons (Fsp3) is 0. The Kier molecular flexibility index (Phi) is 3.91. The number of anilines is 2. The maximum Gasteiger partial charge on any atom is 0.335 e. The Bertz CT molecular complexity index is 686. The normalized spacial score (nSPS) is 10.1. The van der Waals surface area contributed by atoms with Gasteiger partial charge in [0.15, 0.2) is 0 Å². The number of nitrogens with two attached hydrogens (primary N) is 1. The maximum atomic E-state index is 12.0. The Morgan fingerprint density at radius 1 is 1.10 bits per heavy atom. The van der Waals surface area contributed by atoms with Gasteiger partial charge in [-0.3, -0.25) is 4.79 Å². The first kappa shape index (κ1) is 13.9. The Morgan fingerprint density at radius 2 is 1.85 bits per heavy atom. The van der Waals surface area contributed by atoms with E-state index in [4.69, 9.17) is 22.4 Å². The molecule has 0 aliphatic heterocycles. The fourth-order valence-corrected chi connectivity index (χ4v) is 1.79. The number of rotatable bonds is 3. The molecule has 0 fully saturated rings. The molecule has 2 aromatic carbocycles. The number of halogens is 1. The predicted octanol–water partition coefficient (Wildman–Crippen LogP) is 2.87. The summed E-state index contributed by atoms with van der Waals surface area (Å²) >= 11 is 5.93. The quantitative estimate of drug-likeness (QED) is 0.758. The van der Waals surface area contributed by atoms with Crippen LogP contribution in [0.5, 0.6) is 0 Å². The summed E-state index contributed by atoms with van der Waals surface area (Å²) in [4.78, 5) is 22.9. The van der Waals surface area contributed by atoms with Crippen LogP contribution in [-0.4, -0.2) is 17.0 Å². The third kappa shape index (κ3) is 3.07. The van der Waals surface area contributed by atoms with Gasteiger partial charge in [-0.2, -0.15) is 0 Å². The second-order valence-corrected chi connectivity index (χ2v) is 4.49. The third-order valence-corrected chi connectivity index (χ3v) is 2.94. The largest absolute Gasteiger partial charge is 0.478 e. The van der Waals surface area contributed by atoms with Crippen molar-refractivity contribution in [3.05, 3.63) is 58.6 Å². The lowest BCUT2D eigenvalue weighted by molar-refractivity contribution is 0.0696. The van der Waals surface area contributed by atoms with Crippen molar-refractivity contribution in [1.82, 2.24) is 0 Å². The van der Waals surface area contributed by atoms with Crippen molar-refractivity contribution in [2.45, 2.75) is 0 Å². The summed E-state index contributed by atoms with van der Waals surface area (Å²) < 4.78 is 0. The number of nitrogen functional groups attached to an aromatic ring is 1. The van der Waals surface area contributed by atoms with Crippen LogP contribution in [-0.2, 0) is 0 Å². The minimum atomic E-state index is -1.10. The van der Waals surface area contributed by atoms with E-state index in [0.717, 1.165) is 0 Å². The van der Waals surface area contributed by atoms with Crippen LogP contribution in [0.25, 0.3) is 0 Å². The zero-order valence-corrected chi connectivity index (χ0v) is 11.0. The summed E-state index contributed by atoms with van der Waals surface area (Å²) in [5, 5.41) is 11.7. The van der Waals surface area contributed by atoms with Crippen LogP contribution >= 0.6 is 11.6 Å². The summed E-state index contributed by atoms with van der Waals surface area (Å²) in [5.74, 6) is -1.51. The lowest BCUT2D eigenvalue weighted by Crippen LogP contribution is -2.13. The summed E-state index contributed by atoms with van der Waals surface area (Å²) in [6, 6.07) is 10.5. The zero-order chi connectivity index (χ0) is 14.7. The van der Waals surface area contributed by atoms with Gasteiger partial charge in [-0.15, -0.1) is 0 Å². The molecule has 6 heteroatoms. The first-order valence-electron chi connectivity index (χ1n) is 5.67. The minimum Gasteiger partial charge on any atom is -0.478 e. The van der Waals surface area contributed by atoms with E-state index in [1.807, 2.05) is 0 Å². The summed E-state index contributed by atoms with van der Waals surface area (Å²) in [6.07, 6.45) is 0. The average Bonchev–Trinajstić information content (AvgIpc) is 2.41. The van der Waals surface area contributed by atoms with E-state index in [2.05, 4.69) is 5.32 Å². The van der Waals surface area contributed by atoms with Gasteiger partial charge in [0.05, 0.1) is 16.3 Å². The standard InChI is InChI=1S/C14H11ClN2O3/c15-11-5-4-9(14(19)20)7-12(11)17-13(18)8-2-1-3-10(16)6-8/h1-7H,16H2,(H,17,18)(H,19,20). The number of nitrogens with one attached hydrogen (secondary N) is 1. The molecule has 0 unspecified atom stereocenters. The van der Waals surface area contributed by atoms with Gasteiger partial charge in [0, 0.05) is 11.3 Å². The highest BCUT2D eigenvalue weighted by Crippen LogP contribution is 2.24. The summed E-state index contributed by atoms with van der Waals surface area (Å²) in [7, 11) is 0. The molecule has 5 nitrogen and oxygen atoms in total. The van der Waals surface area contributed by atoms with E-state index < -0.39 is 11.9 Å². The zero-order valence-electron chi connectivity index (χ0n) is 10.3. The Morgan fingerprint density at radius 3 is 2.50 bits per heavy atom. The first-order valence-corrected chi connectivity index (χ1v) is 6.05. The van der Waals surface area contributed by atoms with Gasteiger partial charge in [0.25, 0.3) is 5.91 Å². The molecule has 0 saturated heterocycles. The van der Waals surface area contributed by atoms with Gasteiger partial charge in [0.1, 0.15) is 0 Å². The van der Waals surface area contributed by atoms with Crippen LogP contribution in [0.4, 0.5) is 11.4 Å². The molecular formula is C14H11ClN2O3. The maximum absolute atomic E-state index is 12.0. The van der Waals surface area contributed by atoms with Crippen LogP contribution in [0.3, 0.4) is 0 Å². The van der Waals surface area contributed by atoms with Crippen molar-refractivity contribution < 1.29 is 14.7 Å². The number of carbonyl (C=O) groups is 2. The highest BCUT2D eigenvalue weighted by Gasteiger charge is 2.11. The molecule has 0 spiro atoms. The molecule has 0 bridgehead atoms. The van der Waals surface area contributed by atoms with Crippen LogP contribution in [0, 0.1) is 0 Å². The van der Waals surface area contributed by atoms with E-state index in [0.29, 0.717) is 11.3 Å². The van der Waals surface area contributed by atoms with E-state index in [1.165, 1.54) is 24.3 Å². The SMILES string of the molecule is Nc1cccc(C(=O)Nc2cc(C(=O)O)ccc2Cl)c1. The molecule has 2 aromatic rings. The van der Waals surface area contributed by atoms with Crippen LogP contribution in [0.2, 0.25) is 5.02 Å². The molecule has 0 saturated carbocycles. The van der Waals surface area contributed by atoms with Crippen molar-refractivity contribution in [3.63, 3.8) is 0 Å². The molecule has 0 atom stereocenters. The van der Waals surface area contributed by atoms with Crippen molar-refractivity contribution in [2.75, 3.05) is 11.1 Å². The van der Waals surface area contributed by atoms with Crippen LogP contribution < -0.4 is 11.1 Å². The van der Waals surface area contributed by atoms with Gasteiger partial charge >= 0.3 is 5.97 Å². The monoisotopic (exact) mass is 290 g/mol. The molecule has 0 aliphatic rings. The molecular weight excluding hydrogens is 280 g/mol. The summed E-state index contributed by atoms with van der Waals surface area (Å²) in [6.45, 7) is 0. The van der Waals surface area contributed by atoms with Crippen molar-refractivity contribution in [1.29, 1.82) is 0 Å². The first-order chi connectivity index (χ1) is 9.47. The number of carboxylic acids is 1. The van der Waals surface area contributed by atoms with Gasteiger partial charge < -0.3 is 16.2 Å². The fourth-order valence-electron chi connectivity index (χ4n) is 1.63. The van der Waals surface area contributed by atoms with Crippen LogP contribution in [0.1, 0.15) is 20.7 Å². The number of aromatic carboxylic acids is 1. The van der Waals surface area contributed by atoms with Gasteiger partial charge in [-0.05, 0) is 36.4 Å². The molecule has 0 aliphatic carbocycles. The second kappa shape index (κ2) is 5.63. The minimum absolute atomic E-state index is 0.0391. The van der Waals surface area contributed by atoms with E-state index >= 15 is 0 Å². The molecule has 0 aromatic heterocycles. The smallest absolute Gasteiger partial charge is 0.335 e. The Labute approximate surface area is 120 Å². The lowest BCUT2D eigenvalue weighted by atomic mass is 10.1. The molecule has 0 radical (unpaired) electrons.